The van der Waals surface area contributed by atoms with Crippen molar-refractivity contribution < 1.29 is 4.74 Å². The van der Waals surface area contributed by atoms with E-state index in [0.717, 1.165) is 28.6 Å². The van der Waals surface area contributed by atoms with Crippen molar-refractivity contribution in [2.45, 2.75) is 0 Å². The lowest BCUT2D eigenvalue weighted by Crippen LogP contribution is -2.60. The van der Waals surface area contributed by atoms with E-state index in [-0.39, 0.29) is 6.85 Å². The molecule has 4 nitrogen and oxygen atoms in total. The topological polar surface area (TPSA) is 20.6 Å². The molecule has 0 atom stereocenters. The molecule has 10 aromatic rings. The first-order chi connectivity index (χ1) is 26.8. The normalized spacial score (nSPS) is 13.6. The van der Waals surface area contributed by atoms with Gasteiger partial charge in [-0.05, 0) is 89.3 Å². The quantitative estimate of drug-likeness (QED) is 0.167. The highest BCUT2D eigenvalue weighted by Crippen LogP contribution is 2.55. The Kier molecular flexibility index (Phi) is 5.56. The molecule has 3 aliphatic rings. The van der Waals surface area contributed by atoms with Gasteiger partial charge in [0.2, 0.25) is 0 Å². The van der Waals surface area contributed by atoms with Crippen molar-refractivity contribution in [3.05, 3.63) is 170 Å². The summed E-state index contributed by atoms with van der Waals surface area (Å²) in [6.45, 7) is -0.0560. The van der Waals surface area contributed by atoms with E-state index in [4.69, 9.17) is 4.74 Å². The summed E-state index contributed by atoms with van der Waals surface area (Å²) >= 11 is 1.89. The number of hydrogen-bond donors (Lipinski definition) is 0. The van der Waals surface area contributed by atoms with Gasteiger partial charge in [0.1, 0.15) is 0 Å². The van der Waals surface area contributed by atoms with Crippen LogP contribution in [-0.2, 0) is 0 Å². The van der Waals surface area contributed by atoms with E-state index in [1.54, 1.807) is 0 Å². The highest BCUT2D eigenvalue weighted by Gasteiger charge is 2.45. The van der Waals surface area contributed by atoms with Crippen LogP contribution in [0, 0.1) is 0 Å². The second kappa shape index (κ2) is 10.4. The van der Waals surface area contributed by atoms with Crippen LogP contribution in [0.3, 0.4) is 0 Å². The molecule has 6 heteroatoms. The molecule has 8 aromatic carbocycles. The number of hydrogen-bond acceptors (Lipinski definition) is 4. The minimum atomic E-state index is -0.0560. The molecule has 0 fully saturated rings. The van der Waals surface area contributed by atoms with Crippen LogP contribution in [-0.4, -0.2) is 11.4 Å². The monoisotopic (exact) mass is 705 g/mol. The molecule has 0 N–H and O–H groups in total. The summed E-state index contributed by atoms with van der Waals surface area (Å²) in [5.41, 5.74) is 14.5. The minimum absolute atomic E-state index is 0.0560. The number of rotatable bonds is 2. The zero-order chi connectivity index (χ0) is 35.1. The number of fused-ring (bicyclic) bond motifs is 13. The predicted molar refractivity (Wildman–Crippen MR) is 227 cm³/mol. The first kappa shape index (κ1) is 28.8. The average molecular weight is 706 g/mol. The lowest BCUT2D eigenvalue weighted by Gasteiger charge is -2.42. The van der Waals surface area contributed by atoms with Crippen molar-refractivity contribution >= 4 is 99.5 Å². The Hall–Kier alpha value is -6.76. The van der Waals surface area contributed by atoms with E-state index in [9.17, 15) is 0 Å². The van der Waals surface area contributed by atoms with Crippen molar-refractivity contribution in [1.29, 1.82) is 0 Å². The third kappa shape index (κ3) is 3.63. The third-order valence-electron chi connectivity index (χ3n) is 11.7. The van der Waals surface area contributed by atoms with Crippen molar-refractivity contribution in [1.82, 2.24) is 4.57 Å². The molecule has 2 aromatic heterocycles. The van der Waals surface area contributed by atoms with Crippen LogP contribution in [0.2, 0.25) is 0 Å². The predicted octanol–water partition coefficient (Wildman–Crippen LogP) is 12.0. The second-order valence-corrected chi connectivity index (χ2v) is 15.5. The molecule has 0 radical (unpaired) electrons. The lowest BCUT2D eigenvalue weighted by atomic mass is 9.44. The van der Waals surface area contributed by atoms with E-state index >= 15 is 0 Å². The molecule has 0 saturated heterocycles. The summed E-state index contributed by atoms with van der Waals surface area (Å²) in [4.78, 5) is 5.03. The summed E-state index contributed by atoms with van der Waals surface area (Å²) in [6, 6.07) is 62.1. The van der Waals surface area contributed by atoms with E-state index in [1.165, 1.54) is 81.1 Å². The molecule has 13 rings (SSSR count). The number of benzene rings is 8. The van der Waals surface area contributed by atoms with Gasteiger partial charge >= 0.3 is 6.85 Å². The van der Waals surface area contributed by atoms with E-state index in [2.05, 4.69) is 184 Å². The van der Waals surface area contributed by atoms with Crippen LogP contribution < -0.4 is 25.4 Å². The molecular weight excluding hydrogens is 677 g/mol. The van der Waals surface area contributed by atoms with Crippen LogP contribution in [0.25, 0.3) is 58.8 Å². The molecule has 3 aliphatic heterocycles. The summed E-state index contributed by atoms with van der Waals surface area (Å²) in [6.07, 6.45) is 0. The molecule has 5 heterocycles. The van der Waals surface area contributed by atoms with Gasteiger partial charge in [0.05, 0.1) is 28.1 Å². The molecule has 0 unspecified atom stereocenters. The zero-order valence-electron chi connectivity index (χ0n) is 28.9. The second-order valence-electron chi connectivity index (χ2n) is 14.4. The van der Waals surface area contributed by atoms with Crippen molar-refractivity contribution in [2.75, 3.05) is 9.71 Å². The standard InChI is InChI=1S/C48H28BN3OS/c1-2-14-29(15-3-1)52-37-20-8-4-16-30(37)34-27-41(50-38-21-9-11-23-42(38)53-43-24-12-10-22-39(43)50)46-32-18-5-7-19-36(32)51-40-26-33-31-17-6-13-25-44(31)54-45(33)28-35(40)49(52)47(34)48(46)51/h1-28H. The zero-order valence-corrected chi connectivity index (χ0v) is 29.7. The molecule has 0 aliphatic carbocycles. The van der Waals surface area contributed by atoms with Crippen molar-refractivity contribution in [2.24, 2.45) is 0 Å². The van der Waals surface area contributed by atoms with Gasteiger partial charge in [0.15, 0.2) is 11.5 Å². The molecule has 0 spiro atoms. The first-order valence-electron chi connectivity index (χ1n) is 18.5. The van der Waals surface area contributed by atoms with Gasteiger partial charge < -0.3 is 19.0 Å². The Morgan fingerprint density at radius 3 is 1.96 bits per heavy atom. The molecule has 250 valence electrons. The van der Waals surface area contributed by atoms with Gasteiger partial charge in [-0.15, -0.1) is 11.3 Å². The van der Waals surface area contributed by atoms with Gasteiger partial charge in [-0.25, -0.2) is 0 Å². The van der Waals surface area contributed by atoms with Crippen LogP contribution in [0.1, 0.15) is 0 Å². The summed E-state index contributed by atoms with van der Waals surface area (Å²) < 4.78 is 11.8. The van der Waals surface area contributed by atoms with E-state index < -0.39 is 0 Å². The maximum atomic E-state index is 6.56. The Morgan fingerprint density at radius 2 is 1.15 bits per heavy atom. The van der Waals surface area contributed by atoms with Crippen molar-refractivity contribution in [3.63, 3.8) is 0 Å². The first-order valence-corrected chi connectivity index (χ1v) is 19.3. The van der Waals surface area contributed by atoms with Crippen LogP contribution >= 0.6 is 11.3 Å². The SMILES string of the molecule is c1ccc(N2B3c4cc5sc6ccccc6c5cc4-n4c5ccccc5c5c(N6c7ccccc7Oc7ccccc76)cc(c3c54)-c3ccccc32)cc1. The molecule has 0 bridgehead atoms. The Morgan fingerprint density at radius 1 is 0.481 bits per heavy atom. The number of aromatic nitrogens is 1. The van der Waals surface area contributed by atoms with Crippen LogP contribution in [0.15, 0.2) is 170 Å². The van der Waals surface area contributed by atoms with Crippen LogP contribution in [0.5, 0.6) is 11.5 Å². The maximum absolute atomic E-state index is 6.56. The maximum Gasteiger partial charge on any atom is 0.333 e. The highest BCUT2D eigenvalue weighted by atomic mass is 32.1. The summed E-state index contributed by atoms with van der Waals surface area (Å²) in [5, 5.41) is 5.09. The molecule has 0 amide bonds. The fourth-order valence-electron chi connectivity index (χ4n) is 9.60. The van der Waals surface area contributed by atoms with Gasteiger partial charge in [-0.1, -0.05) is 97.1 Å². The number of nitrogens with zero attached hydrogens (tertiary/aromatic N) is 3. The van der Waals surface area contributed by atoms with Gasteiger partial charge in [0, 0.05) is 53.6 Å². The average Bonchev–Trinajstić information content (AvgIpc) is 3.78. The Labute approximate surface area is 315 Å². The van der Waals surface area contributed by atoms with Gasteiger partial charge in [-0.2, -0.15) is 0 Å². The molecule has 54 heavy (non-hydrogen) atoms. The lowest BCUT2D eigenvalue weighted by molar-refractivity contribution is 0.477. The van der Waals surface area contributed by atoms with E-state index in [1.807, 2.05) is 11.3 Å². The largest absolute Gasteiger partial charge is 0.453 e. The number of para-hydroxylation sites is 7. The Balaban J connectivity index is 1.25. The molecular formula is C48H28BN3OS. The highest BCUT2D eigenvalue weighted by molar-refractivity contribution is 7.26. The van der Waals surface area contributed by atoms with Crippen molar-refractivity contribution in [3.8, 4) is 28.3 Å². The molecule has 0 saturated carbocycles. The summed E-state index contributed by atoms with van der Waals surface area (Å²) in [5.74, 6) is 1.70. The van der Waals surface area contributed by atoms with E-state index in [0.29, 0.717) is 0 Å². The van der Waals surface area contributed by atoms with Crippen LogP contribution in [0.4, 0.5) is 28.4 Å². The minimum Gasteiger partial charge on any atom is -0.453 e. The smallest absolute Gasteiger partial charge is 0.333 e. The van der Waals surface area contributed by atoms with Gasteiger partial charge in [0.25, 0.3) is 0 Å². The summed E-state index contributed by atoms with van der Waals surface area (Å²) in [7, 11) is 0. The fraction of sp³-hybridized carbons (Fsp3) is 0. The Bertz CT molecular complexity index is 3190. The fourth-order valence-corrected chi connectivity index (χ4v) is 10.7. The number of thiophene rings is 1. The third-order valence-corrected chi connectivity index (χ3v) is 12.8. The van der Waals surface area contributed by atoms with Gasteiger partial charge in [-0.3, -0.25) is 0 Å². The number of ether oxygens (including phenoxy) is 1. The number of anilines is 5.